The zero-order chi connectivity index (χ0) is 19.3. The Bertz CT molecular complexity index is 829. The Morgan fingerprint density at radius 1 is 1.38 bits per heavy atom. The second-order valence-electron chi connectivity index (χ2n) is 7.28. The lowest BCUT2D eigenvalue weighted by molar-refractivity contribution is 0.260. The highest BCUT2D eigenvalue weighted by Gasteiger charge is 2.25. The summed E-state index contributed by atoms with van der Waals surface area (Å²) in [6.45, 7) is 5.95. The van der Waals surface area contributed by atoms with Gasteiger partial charge in [0.1, 0.15) is 5.82 Å². The molecule has 9 heteroatoms. The minimum Gasteiger partial charge on any atom is -0.355 e. The molecule has 6 nitrogen and oxygen atoms in total. The maximum absolute atomic E-state index is 6.29. The van der Waals surface area contributed by atoms with E-state index in [1.807, 2.05) is 30.5 Å². The van der Waals surface area contributed by atoms with E-state index in [-0.39, 0.29) is 24.0 Å². The van der Waals surface area contributed by atoms with Gasteiger partial charge in [0.15, 0.2) is 5.96 Å². The highest BCUT2D eigenvalue weighted by Crippen LogP contribution is 2.26. The van der Waals surface area contributed by atoms with Crippen LogP contribution in [0.5, 0.6) is 0 Å². The van der Waals surface area contributed by atoms with Crippen molar-refractivity contribution in [2.75, 3.05) is 44.7 Å². The third-order valence-electron chi connectivity index (χ3n) is 5.40. The predicted octanol–water partition coefficient (Wildman–Crippen LogP) is 3.22. The van der Waals surface area contributed by atoms with Crippen molar-refractivity contribution in [1.82, 2.24) is 20.5 Å². The molecule has 0 amide bonds. The van der Waals surface area contributed by atoms with E-state index >= 15 is 0 Å². The van der Waals surface area contributed by atoms with E-state index in [1.165, 1.54) is 12.0 Å². The molecule has 2 aromatic rings. The first kappa shape index (κ1) is 22.6. The molecule has 0 aromatic carbocycles. The summed E-state index contributed by atoms with van der Waals surface area (Å²) in [6.07, 6.45) is 4.01. The molecule has 2 N–H and O–H groups in total. The van der Waals surface area contributed by atoms with Crippen molar-refractivity contribution in [2.24, 2.45) is 4.99 Å². The van der Waals surface area contributed by atoms with Crippen LogP contribution in [0, 0.1) is 0 Å². The summed E-state index contributed by atoms with van der Waals surface area (Å²) in [5.41, 5.74) is 1.50. The molecule has 0 saturated carbocycles. The van der Waals surface area contributed by atoms with Crippen molar-refractivity contribution >= 4 is 58.7 Å². The number of rotatable bonds is 5. The molecule has 1 atom stereocenters. The number of fused-ring (bicyclic) bond motifs is 1. The standard InChI is InChI=1S/C20H27ClN6S.HI/c1-22-20(24-8-11-26-9-5-18-15(13-26)6-12-28-18)25-16-4-10-27(14-16)19-17(21)3-2-7-23-19;/h2-3,6-7,12,16H,4-5,8-11,13-14H2,1H3,(H2,22,24,25);1H. The summed E-state index contributed by atoms with van der Waals surface area (Å²) in [7, 11) is 1.83. The van der Waals surface area contributed by atoms with Crippen LogP contribution in [-0.4, -0.2) is 61.7 Å². The van der Waals surface area contributed by atoms with Crippen LogP contribution in [0.3, 0.4) is 0 Å². The average molecular weight is 547 g/mol. The molecule has 0 aliphatic carbocycles. The number of aromatic nitrogens is 1. The molecule has 0 bridgehead atoms. The number of thiophene rings is 1. The van der Waals surface area contributed by atoms with E-state index in [1.54, 1.807) is 11.1 Å². The van der Waals surface area contributed by atoms with E-state index in [0.717, 1.165) is 57.5 Å². The monoisotopic (exact) mass is 546 g/mol. The fourth-order valence-electron chi connectivity index (χ4n) is 3.90. The van der Waals surface area contributed by atoms with Crippen LogP contribution >= 0.6 is 46.9 Å². The third-order valence-corrected chi connectivity index (χ3v) is 6.72. The molecule has 2 aromatic heterocycles. The fourth-order valence-corrected chi connectivity index (χ4v) is 5.03. The molecule has 158 valence electrons. The van der Waals surface area contributed by atoms with Gasteiger partial charge in [-0.15, -0.1) is 35.3 Å². The van der Waals surface area contributed by atoms with Crippen molar-refractivity contribution in [1.29, 1.82) is 0 Å². The molecule has 2 aliphatic heterocycles. The lowest BCUT2D eigenvalue weighted by Gasteiger charge is -2.27. The molecular formula is C20H28ClIN6S. The number of nitrogens with one attached hydrogen (secondary N) is 2. The molecule has 1 fully saturated rings. The van der Waals surface area contributed by atoms with Gasteiger partial charge in [0.05, 0.1) is 5.02 Å². The van der Waals surface area contributed by atoms with Crippen LogP contribution in [0.1, 0.15) is 16.9 Å². The lowest BCUT2D eigenvalue weighted by atomic mass is 10.1. The van der Waals surface area contributed by atoms with Gasteiger partial charge in [-0.25, -0.2) is 4.98 Å². The quantitative estimate of drug-likeness (QED) is 0.343. The molecular weight excluding hydrogens is 519 g/mol. The highest BCUT2D eigenvalue weighted by atomic mass is 127. The van der Waals surface area contributed by atoms with Crippen LogP contribution in [0.2, 0.25) is 5.02 Å². The highest BCUT2D eigenvalue weighted by molar-refractivity contribution is 14.0. The minimum atomic E-state index is 0. The van der Waals surface area contributed by atoms with Crippen molar-refractivity contribution in [3.8, 4) is 0 Å². The summed E-state index contributed by atoms with van der Waals surface area (Å²) in [4.78, 5) is 15.1. The second-order valence-corrected chi connectivity index (χ2v) is 8.69. The third kappa shape index (κ3) is 5.74. The summed E-state index contributed by atoms with van der Waals surface area (Å²) < 4.78 is 0. The van der Waals surface area contributed by atoms with Crippen LogP contribution in [0.15, 0.2) is 34.8 Å². The van der Waals surface area contributed by atoms with E-state index in [0.29, 0.717) is 11.1 Å². The number of halogens is 2. The minimum absolute atomic E-state index is 0. The number of aliphatic imine (C=N–C) groups is 1. The van der Waals surface area contributed by atoms with Gasteiger partial charge in [-0.05, 0) is 42.0 Å². The van der Waals surface area contributed by atoms with Crippen LogP contribution in [0.25, 0.3) is 0 Å². The van der Waals surface area contributed by atoms with Gasteiger partial charge in [-0.3, -0.25) is 9.89 Å². The molecule has 29 heavy (non-hydrogen) atoms. The molecule has 1 unspecified atom stereocenters. The first-order chi connectivity index (χ1) is 13.7. The molecule has 4 rings (SSSR count). The van der Waals surface area contributed by atoms with Crippen molar-refractivity contribution in [2.45, 2.75) is 25.4 Å². The lowest BCUT2D eigenvalue weighted by Crippen LogP contribution is -2.47. The maximum Gasteiger partial charge on any atom is 0.191 e. The fraction of sp³-hybridized carbons (Fsp3) is 0.500. The van der Waals surface area contributed by atoms with Crippen molar-refractivity contribution < 1.29 is 0 Å². The van der Waals surface area contributed by atoms with Gasteiger partial charge in [-0.1, -0.05) is 11.6 Å². The van der Waals surface area contributed by atoms with E-state index in [4.69, 9.17) is 11.6 Å². The maximum atomic E-state index is 6.29. The number of nitrogens with zero attached hydrogens (tertiary/aromatic N) is 4. The van der Waals surface area contributed by atoms with Gasteiger partial charge in [0.25, 0.3) is 0 Å². The van der Waals surface area contributed by atoms with E-state index in [2.05, 4.69) is 41.9 Å². The van der Waals surface area contributed by atoms with E-state index < -0.39 is 0 Å². The summed E-state index contributed by atoms with van der Waals surface area (Å²) in [5.74, 6) is 1.74. The van der Waals surface area contributed by atoms with Gasteiger partial charge < -0.3 is 15.5 Å². The molecule has 1 saturated heterocycles. The molecule has 0 spiro atoms. The molecule has 4 heterocycles. The number of hydrogen-bond acceptors (Lipinski definition) is 5. The summed E-state index contributed by atoms with van der Waals surface area (Å²) in [6, 6.07) is 6.36. The topological polar surface area (TPSA) is 55.8 Å². The summed E-state index contributed by atoms with van der Waals surface area (Å²) >= 11 is 8.18. The SMILES string of the molecule is CN=C(NCCN1CCc2sccc2C1)NC1CCN(c2ncccc2Cl)C1.I. The molecule has 2 aliphatic rings. The van der Waals surface area contributed by atoms with Gasteiger partial charge in [0.2, 0.25) is 0 Å². The Labute approximate surface area is 198 Å². The Hall–Kier alpha value is -1.10. The smallest absolute Gasteiger partial charge is 0.191 e. The predicted molar refractivity (Wildman–Crippen MR) is 133 cm³/mol. The first-order valence-corrected chi connectivity index (χ1v) is 11.1. The second kappa shape index (κ2) is 10.8. The summed E-state index contributed by atoms with van der Waals surface area (Å²) in [5, 5.41) is 9.93. The van der Waals surface area contributed by atoms with Crippen LogP contribution < -0.4 is 15.5 Å². The Balaban J connectivity index is 0.00000240. The Morgan fingerprint density at radius 3 is 3.10 bits per heavy atom. The number of pyridine rings is 1. The number of anilines is 1. The zero-order valence-corrected chi connectivity index (χ0v) is 20.5. The first-order valence-electron chi connectivity index (χ1n) is 9.83. The average Bonchev–Trinajstić information content (AvgIpc) is 3.36. The van der Waals surface area contributed by atoms with Crippen LogP contribution in [0.4, 0.5) is 5.82 Å². The zero-order valence-electron chi connectivity index (χ0n) is 16.6. The Morgan fingerprint density at radius 2 is 2.28 bits per heavy atom. The van der Waals surface area contributed by atoms with Crippen molar-refractivity contribution in [3.63, 3.8) is 0 Å². The van der Waals surface area contributed by atoms with E-state index in [9.17, 15) is 0 Å². The van der Waals surface area contributed by atoms with Gasteiger partial charge in [-0.2, -0.15) is 0 Å². The molecule has 0 radical (unpaired) electrons. The van der Waals surface area contributed by atoms with Crippen molar-refractivity contribution in [3.05, 3.63) is 45.2 Å². The normalized spacial score (nSPS) is 19.6. The van der Waals surface area contributed by atoms with Gasteiger partial charge >= 0.3 is 0 Å². The Kier molecular flexibility index (Phi) is 8.40. The number of guanidine groups is 1. The van der Waals surface area contributed by atoms with Crippen LogP contribution in [-0.2, 0) is 13.0 Å². The largest absolute Gasteiger partial charge is 0.355 e. The van der Waals surface area contributed by atoms with Gasteiger partial charge in [0, 0.05) is 63.4 Å². The number of hydrogen-bond donors (Lipinski definition) is 2.